The van der Waals surface area contributed by atoms with Gasteiger partial charge in [-0.25, -0.2) is 0 Å². The molecule has 2 aromatic rings. The van der Waals surface area contributed by atoms with Crippen molar-refractivity contribution in [3.05, 3.63) is 59.1 Å². The number of carbonyl (C=O) groups is 2. The van der Waals surface area contributed by atoms with Gasteiger partial charge >= 0.3 is 0 Å². The summed E-state index contributed by atoms with van der Waals surface area (Å²) < 4.78 is 5.30. The summed E-state index contributed by atoms with van der Waals surface area (Å²) in [7, 11) is 0. The van der Waals surface area contributed by atoms with Gasteiger partial charge < -0.3 is 15.0 Å². The lowest BCUT2D eigenvalue weighted by atomic mass is 10.1. The molecule has 1 atom stereocenters. The molecule has 1 fully saturated rings. The molecule has 0 aliphatic carbocycles. The molecule has 0 aromatic heterocycles. The minimum absolute atomic E-state index is 0.0905. The molecule has 0 bridgehead atoms. The third-order valence-corrected chi connectivity index (χ3v) is 5.57. The molecule has 7 heteroatoms. The van der Waals surface area contributed by atoms with Gasteiger partial charge in [0.15, 0.2) is 0 Å². The molecule has 0 radical (unpaired) electrons. The Kier molecular flexibility index (Phi) is 6.77. The minimum atomic E-state index is -0.322. The fourth-order valence-corrected chi connectivity index (χ4v) is 3.71. The van der Waals surface area contributed by atoms with Crippen molar-refractivity contribution in [1.29, 1.82) is 0 Å². The highest BCUT2D eigenvalue weighted by Gasteiger charge is 2.22. The summed E-state index contributed by atoms with van der Waals surface area (Å²) in [5.74, 6) is -0.246. The number of halogens is 1. The maximum absolute atomic E-state index is 12.8. The van der Waals surface area contributed by atoms with Gasteiger partial charge in [0, 0.05) is 23.0 Å². The van der Waals surface area contributed by atoms with Crippen LogP contribution in [0.5, 0.6) is 0 Å². The molecule has 5 nitrogen and oxygen atoms in total. The van der Waals surface area contributed by atoms with Crippen molar-refractivity contribution in [3.8, 4) is 0 Å². The Morgan fingerprint density at radius 1 is 1.11 bits per heavy atom. The van der Waals surface area contributed by atoms with Gasteiger partial charge in [-0.05, 0) is 43.3 Å². The number of carbonyl (C=O) groups excluding carboxylic acids is 2. The van der Waals surface area contributed by atoms with Crippen LogP contribution in [0.15, 0.2) is 53.4 Å². The maximum atomic E-state index is 12.8. The average molecular weight is 405 g/mol. The number of anilines is 1. The molecule has 1 saturated heterocycles. The van der Waals surface area contributed by atoms with E-state index in [1.807, 2.05) is 25.1 Å². The fourth-order valence-electron chi connectivity index (χ4n) is 2.72. The van der Waals surface area contributed by atoms with E-state index in [2.05, 4.69) is 5.32 Å². The van der Waals surface area contributed by atoms with E-state index in [4.69, 9.17) is 16.3 Å². The zero-order valence-corrected chi connectivity index (χ0v) is 16.6. The number of hydrogen-bond acceptors (Lipinski definition) is 4. The molecule has 1 aliphatic heterocycles. The number of hydrogen-bond donors (Lipinski definition) is 1. The predicted molar refractivity (Wildman–Crippen MR) is 109 cm³/mol. The standard InChI is InChI=1S/C20H21ClN2O3S/c1-14(27-16-8-6-15(21)7-9-16)19(24)22-18-5-3-2-4-17(18)20(25)23-10-12-26-13-11-23/h2-9,14H,10-13H2,1H3,(H,22,24)/t14-/m0/s1. The number of rotatable bonds is 5. The van der Waals surface area contributed by atoms with Crippen LogP contribution in [0.25, 0.3) is 0 Å². The summed E-state index contributed by atoms with van der Waals surface area (Å²) in [6, 6.07) is 14.5. The molecule has 0 spiro atoms. The highest BCUT2D eigenvalue weighted by atomic mass is 35.5. The number of nitrogens with zero attached hydrogens (tertiary/aromatic N) is 1. The largest absolute Gasteiger partial charge is 0.378 e. The third-order valence-electron chi connectivity index (χ3n) is 4.21. The van der Waals surface area contributed by atoms with E-state index >= 15 is 0 Å². The lowest BCUT2D eigenvalue weighted by Crippen LogP contribution is -2.41. The van der Waals surface area contributed by atoms with E-state index in [1.54, 1.807) is 35.2 Å². The van der Waals surface area contributed by atoms with Crippen molar-refractivity contribution in [1.82, 2.24) is 4.90 Å². The van der Waals surface area contributed by atoms with Crippen molar-refractivity contribution < 1.29 is 14.3 Å². The van der Waals surface area contributed by atoms with Crippen LogP contribution in [-0.4, -0.2) is 48.3 Å². The molecule has 1 aliphatic rings. The second-order valence-electron chi connectivity index (χ2n) is 6.15. The van der Waals surface area contributed by atoms with Gasteiger partial charge in [-0.1, -0.05) is 23.7 Å². The number of nitrogens with one attached hydrogen (secondary N) is 1. The fraction of sp³-hybridized carbons (Fsp3) is 0.300. The lowest BCUT2D eigenvalue weighted by molar-refractivity contribution is -0.115. The number of thioether (sulfide) groups is 1. The van der Waals surface area contributed by atoms with Crippen LogP contribution in [0.4, 0.5) is 5.69 Å². The van der Waals surface area contributed by atoms with Crippen LogP contribution in [-0.2, 0) is 9.53 Å². The first-order valence-corrected chi connectivity index (χ1v) is 9.99. The average Bonchev–Trinajstić information content (AvgIpc) is 2.70. The van der Waals surface area contributed by atoms with E-state index in [9.17, 15) is 9.59 Å². The molecule has 0 saturated carbocycles. The van der Waals surface area contributed by atoms with Crippen molar-refractivity contribution in [2.24, 2.45) is 0 Å². The Bertz CT molecular complexity index is 807. The third kappa shape index (κ3) is 5.25. The van der Waals surface area contributed by atoms with Crippen LogP contribution in [0.3, 0.4) is 0 Å². The van der Waals surface area contributed by atoms with Crippen LogP contribution in [0, 0.1) is 0 Å². The van der Waals surface area contributed by atoms with Crippen LogP contribution in [0.1, 0.15) is 17.3 Å². The van der Waals surface area contributed by atoms with Gasteiger partial charge in [-0.15, -0.1) is 11.8 Å². The summed E-state index contributed by atoms with van der Waals surface area (Å²) >= 11 is 7.34. The summed E-state index contributed by atoms with van der Waals surface area (Å²) in [4.78, 5) is 28.1. The van der Waals surface area contributed by atoms with Gasteiger partial charge in [0.2, 0.25) is 5.91 Å². The Balaban J connectivity index is 1.68. The van der Waals surface area contributed by atoms with Crippen LogP contribution >= 0.6 is 23.4 Å². The molecule has 1 N–H and O–H groups in total. The zero-order chi connectivity index (χ0) is 19.2. The number of morpholine rings is 1. The first-order chi connectivity index (χ1) is 13.0. The summed E-state index contributed by atoms with van der Waals surface area (Å²) in [5, 5.41) is 3.24. The summed E-state index contributed by atoms with van der Waals surface area (Å²) in [6.07, 6.45) is 0. The Morgan fingerprint density at radius 2 is 1.78 bits per heavy atom. The lowest BCUT2D eigenvalue weighted by Gasteiger charge is -2.27. The molecule has 2 amide bonds. The molecule has 142 valence electrons. The second kappa shape index (κ2) is 9.26. The van der Waals surface area contributed by atoms with Crippen molar-refractivity contribution in [3.63, 3.8) is 0 Å². The predicted octanol–water partition coefficient (Wildman–Crippen LogP) is 3.93. The normalized spacial score (nSPS) is 15.3. The molecule has 27 heavy (non-hydrogen) atoms. The quantitative estimate of drug-likeness (QED) is 0.767. The van der Waals surface area contributed by atoms with Crippen LogP contribution in [0.2, 0.25) is 5.02 Å². The van der Waals surface area contributed by atoms with E-state index in [0.717, 1.165) is 4.90 Å². The zero-order valence-electron chi connectivity index (χ0n) is 15.0. The first kappa shape index (κ1) is 19.7. The topological polar surface area (TPSA) is 58.6 Å². The Morgan fingerprint density at radius 3 is 2.48 bits per heavy atom. The number of ether oxygens (including phenoxy) is 1. The van der Waals surface area contributed by atoms with E-state index in [0.29, 0.717) is 42.6 Å². The van der Waals surface area contributed by atoms with Gasteiger partial charge in [-0.2, -0.15) is 0 Å². The van der Waals surface area contributed by atoms with E-state index < -0.39 is 0 Å². The smallest absolute Gasteiger partial charge is 0.256 e. The van der Waals surface area contributed by atoms with E-state index in [-0.39, 0.29) is 17.1 Å². The molecule has 3 rings (SSSR count). The van der Waals surface area contributed by atoms with Gasteiger partial charge in [-0.3, -0.25) is 9.59 Å². The van der Waals surface area contributed by atoms with E-state index in [1.165, 1.54) is 11.8 Å². The van der Waals surface area contributed by atoms with Gasteiger partial charge in [0.1, 0.15) is 0 Å². The monoisotopic (exact) mass is 404 g/mol. The SMILES string of the molecule is C[C@H](Sc1ccc(Cl)cc1)C(=O)Nc1ccccc1C(=O)N1CCOCC1. The summed E-state index contributed by atoms with van der Waals surface area (Å²) in [5.41, 5.74) is 1.03. The Labute approximate surface area is 168 Å². The Hall–Kier alpha value is -2.02. The van der Waals surface area contributed by atoms with Gasteiger partial charge in [0.25, 0.3) is 5.91 Å². The van der Waals surface area contributed by atoms with Gasteiger partial charge in [0.05, 0.1) is 29.7 Å². The number of benzene rings is 2. The highest BCUT2D eigenvalue weighted by molar-refractivity contribution is 8.00. The molecule has 2 aromatic carbocycles. The minimum Gasteiger partial charge on any atom is -0.378 e. The summed E-state index contributed by atoms with van der Waals surface area (Å²) in [6.45, 7) is 4.03. The number of para-hydroxylation sites is 1. The molecular weight excluding hydrogens is 384 g/mol. The maximum Gasteiger partial charge on any atom is 0.256 e. The highest BCUT2D eigenvalue weighted by Crippen LogP contribution is 2.26. The molecule has 0 unspecified atom stereocenters. The second-order valence-corrected chi connectivity index (χ2v) is 8.00. The van der Waals surface area contributed by atoms with Crippen molar-refractivity contribution in [2.75, 3.05) is 31.6 Å². The van der Waals surface area contributed by atoms with Crippen molar-refractivity contribution >= 4 is 40.9 Å². The van der Waals surface area contributed by atoms with Crippen LogP contribution < -0.4 is 5.32 Å². The first-order valence-electron chi connectivity index (χ1n) is 8.74. The molecular formula is C20H21ClN2O3S. The molecule has 1 heterocycles. The number of amides is 2. The van der Waals surface area contributed by atoms with Crippen molar-refractivity contribution in [2.45, 2.75) is 17.1 Å².